The Labute approximate surface area is 131 Å². The van der Waals surface area contributed by atoms with Crippen LogP contribution in [0.4, 0.5) is 0 Å². The highest BCUT2D eigenvalue weighted by molar-refractivity contribution is 9.10. The number of pyridine rings is 1. The van der Waals surface area contributed by atoms with Gasteiger partial charge in [-0.05, 0) is 41.6 Å². The van der Waals surface area contributed by atoms with Gasteiger partial charge < -0.3 is 20.4 Å². The van der Waals surface area contributed by atoms with Gasteiger partial charge in [-0.3, -0.25) is 9.59 Å². The number of hydrogen-bond acceptors (Lipinski definition) is 4. The van der Waals surface area contributed by atoms with E-state index < -0.39 is 0 Å². The average Bonchev–Trinajstić information content (AvgIpc) is 2.46. The maximum absolute atomic E-state index is 11.6. The molecule has 2 rings (SSSR count). The Kier molecular flexibility index (Phi) is 5.41. The number of hydrogen-bond donors (Lipinski definition) is 2. The van der Waals surface area contributed by atoms with Crippen LogP contribution >= 0.6 is 15.9 Å². The standard InChI is InChI=1S/C14H20BrN3O3/c1-18-8-11(15)12(6-14(18)20)21-10-4-2-9(3-5-10)17-13(19)7-16/h6,8-10H,2-5,7,16H2,1H3,(H,17,19). The summed E-state index contributed by atoms with van der Waals surface area (Å²) in [4.78, 5) is 22.9. The van der Waals surface area contributed by atoms with Gasteiger partial charge in [-0.25, -0.2) is 0 Å². The highest BCUT2D eigenvalue weighted by Crippen LogP contribution is 2.28. The van der Waals surface area contributed by atoms with Gasteiger partial charge in [-0.15, -0.1) is 0 Å². The van der Waals surface area contributed by atoms with Crippen molar-refractivity contribution in [3.8, 4) is 5.75 Å². The number of ether oxygens (including phenoxy) is 1. The van der Waals surface area contributed by atoms with Crippen LogP contribution in [-0.2, 0) is 11.8 Å². The van der Waals surface area contributed by atoms with Gasteiger partial charge in [0.1, 0.15) is 5.75 Å². The fourth-order valence-corrected chi connectivity index (χ4v) is 2.98. The molecular formula is C14H20BrN3O3. The molecule has 1 aromatic rings. The Bertz CT molecular complexity index is 565. The number of carbonyl (C=O) groups is 1. The summed E-state index contributed by atoms with van der Waals surface area (Å²) < 4.78 is 8.17. The number of nitrogens with zero attached hydrogens (tertiary/aromatic N) is 1. The maximum atomic E-state index is 11.6. The Hall–Kier alpha value is -1.34. The van der Waals surface area contributed by atoms with Crippen molar-refractivity contribution in [2.24, 2.45) is 12.8 Å². The molecule has 1 saturated carbocycles. The summed E-state index contributed by atoms with van der Waals surface area (Å²) >= 11 is 3.41. The Balaban J connectivity index is 1.90. The lowest BCUT2D eigenvalue weighted by Gasteiger charge is -2.29. The largest absolute Gasteiger partial charge is 0.489 e. The predicted molar refractivity (Wildman–Crippen MR) is 83.3 cm³/mol. The Morgan fingerprint density at radius 1 is 1.48 bits per heavy atom. The van der Waals surface area contributed by atoms with Crippen molar-refractivity contribution in [2.75, 3.05) is 6.54 Å². The summed E-state index contributed by atoms with van der Waals surface area (Å²) in [5.74, 6) is 0.459. The highest BCUT2D eigenvalue weighted by atomic mass is 79.9. The zero-order valence-corrected chi connectivity index (χ0v) is 13.6. The molecule has 3 N–H and O–H groups in total. The molecule has 0 radical (unpaired) electrons. The van der Waals surface area contributed by atoms with E-state index in [0.717, 1.165) is 30.2 Å². The van der Waals surface area contributed by atoms with E-state index in [4.69, 9.17) is 10.5 Å². The number of nitrogens with two attached hydrogens (primary N) is 1. The molecule has 0 bridgehead atoms. The number of amides is 1. The van der Waals surface area contributed by atoms with Crippen LogP contribution in [0.1, 0.15) is 25.7 Å². The summed E-state index contributed by atoms with van der Waals surface area (Å²) in [7, 11) is 1.70. The minimum atomic E-state index is -0.117. The second-order valence-corrected chi connectivity index (χ2v) is 6.15. The first-order valence-electron chi connectivity index (χ1n) is 7.02. The third kappa shape index (κ3) is 4.31. The number of aryl methyl sites for hydroxylation is 1. The second kappa shape index (κ2) is 7.09. The summed E-state index contributed by atoms with van der Waals surface area (Å²) in [6.45, 7) is 0.0245. The van der Waals surface area contributed by atoms with Crippen LogP contribution in [0.15, 0.2) is 21.5 Å². The van der Waals surface area contributed by atoms with Crippen molar-refractivity contribution >= 4 is 21.8 Å². The SMILES string of the molecule is Cn1cc(Br)c(OC2CCC(NC(=O)CN)CC2)cc1=O. The Morgan fingerprint density at radius 3 is 2.76 bits per heavy atom. The lowest BCUT2D eigenvalue weighted by molar-refractivity contribution is -0.120. The van der Waals surface area contributed by atoms with Gasteiger partial charge in [0.05, 0.1) is 17.1 Å². The van der Waals surface area contributed by atoms with E-state index in [1.54, 1.807) is 13.2 Å². The summed E-state index contributed by atoms with van der Waals surface area (Å²) in [5.41, 5.74) is 5.19. The fraction of sp³-hybridized carbons (Fsp3) is 0.571. The molecule has 0 saturated heterocycles. The molecule has 1 heterocycles. The zero-order chi connectivity index (χ0) is 15.4. The van der Waals surface area contributed by atoms with E-state index in [9.17, 15) is 9.59 Å². The molecule has 0 atom stereocenters. The van der Waals surface area contributed by atoms with Gasteiger partial charge in [0.15, 0.2) is 0 Å². The van der Waals surface area contributed by atoms with Crippen LogP contribution in [0.3, 0.4) is 0 Å². The average molecular weight is 358 g/mol. The van der Waals surface area contributed by atoms with Gasteiger partial charge in [0, 0.05) is 25.4 Å². The predicted octanol–water partition coefficient (Wildman–Crippen LogP) is 0.913. The number of rotatable bonds is 4. The number of nitrogens with one attached hydrogen (secondary N) is 1. The van der Waals surface area contributed by atoms with E-state index in [2.05, 4.69) is 21.2 Å². The molecule has 1 fully saturated rings. The van der Waals surface area contributed by atoms with Crippen LogP contribution in [0, 0.1) is 0 Å². The molecule has 1 aliphatic carbocycles. The lowest BCUT2D eigenvalue weighted by Crippen LogP contribution is -2.42. The molecular weight excluding hydrogens is 338 g/mol. The van der Waals surface area contributed by atoms with E-state index in [1.165, 1.54) is 10.6 Å². The van der Waals surface area contributed by atoms with Crippen molar-refractivity contribution < 1.29 is 9.53 Å². The molecule has 0 unspecified atom stereocenters. The molecule has 6 nitrogen and oxygen atoms in total. The summed E-state index contributed by atoms with van der Waals surface area (Å²) in [6, 6.07) is 1.67. The van der Waals surface area contributed by atoms with Crippen LogP contribution < -0.4 is 21.3 Å². The molecule has 0 aromatic carbocycles. The van der Waals surface area contributed by atoms with Gasteiger partial charge in [0.2, 0.25) is 5.91 Å². The molecule has 116 valence electrons. The van der Waals surface area contributed by atoms with Gasteiger partial charge in [-0.1, -0.05) is 0 Å². The minimum Gasteiger partial charge on any atom is -0.489 e. The first kappa shape index (κ1) is 16.0. The molecule has 0 spiro atoms. The van der Waals surface area contributed by atoms with Crippen LogP contribution in [0.5, 0.6) is 5.75 Å². The molecule has 0 aliphatic heterocycles. The minimum absolute atomic E-state index is 0.0245. The van der Waals surface area contributed by atoms with Crippen molar-refractivity contribution in [2.45, 2.75) is 37.8 Å². The molecule has 1 aromatic heterocycles. The van der Waals surface area contributed by atoms with Gasteiger partial charge in [0.25, 0.3) is 5.56 Å². The number of carbonyl (C=O) groups excluding carboxylic acids is 1. The quantitative estimate of drug-likeness (QED) is 0.838. The van der Waals surface area contributed by atoms with Gasteiger partial charge >= 0.3 is 0 Å². The van der Waals surface area contributed by atoms with E-state index in [1.807, 2.05) is 0 Å². The number of aromatic nitrogens is 1. The second-order valence-electron chi connectivity index (χ2n) is 5.30. The number of halogens is 1. The van der Waals surface area contributed by atoms with Gasteiger partial charge in [-0.2, -0.15) is 0 Å². The smallest absolute Gasteiger partial charge is 0.254 e. The van der Waals surface area contributed by atoms with E-state index in [0.29, 0.717) is 5.75 Å². The van der Waals surface area contributed by atoms with Crippen molar-refractivity contribution in [3.63, 3.8) is 0 Å². The van der Waals surface area contributed by atoms with Crippen molar-refractivity contribution in [1.82, 2.24) is 9.88 Å². The molecule has 1 amide bonds. The normalized spacial score (nSPS) is 21.9. The van der Waals surface area contributed by atoms with Crippen LogP contribution in [0.25, 0.3) is 0 Å². The first-order valence-corrected chi connectivity index (χ1v) is 7.81. The van der Waals surface area contributed by atoms with E-state index in [-0.39, 0.29) is 30.2 Å². The van der Waals surface area contributed by atoms with Crippen molar-refractivity contribution in [3.05, 3.63) is 27.1 Å². The topological polar surface area (TPSA) is 86.3 Å². The lowest BCUT2D eigenvalue weighted by atomic mass is 9.93. The highest BCUT2D eigenvalue weighted by Gasteiger charge is 2.24. The third-order valence-electron chi connectivity index (χ3n) is 3.66. The molecule has 7 heteroatoms. The van der Waals surface area contributed by atoms with Crippen LogP contribution in [0.2, 0.25) is 0 Å². The first-order chi connectivity index (χ1) is 9.99. The zero-order valence-electron chi connectivity index (χ0n) is 12.0. The van der Waals surface area contributed by atoms with Crippen LogP contribution in [-0.4, -0.2) is 29.2 Å². The molecule has 1 aliphatic rings. The fourth-order valence-electron chi connectivity index (χ4n) is 2.46. The summed E-state index contributed by atoms with van der Waals surface area (Å²) in [5, 5.41) is 2.90. The van der Waals surface area contributed by atoms with Crippen molar-refractivity contribution in [1.29, 1.82) is 0 Å². The maximum Gasteiger partial charge on any atom is 0.254 e. The third-order valence-corrected chi connectivity index (χ3v) is 4.26. The van der Waals surface area contributed by atoms with E-state index >= 15 is 0 Å². The Morgan fingerprint density at radius 2 is 2.14 bits per heavy atom. The summed E-state index contributed by atoms with van der Waals surface area (Å²) in [6.07, 6.45) is 5.18. The molecule has 21 heavy (non-hydrogen) atoms. The monoisotopic (exact) mass is 357 g/mol.